The highest BCUT2D eigenvalue weighted by molar-refractivity contribution is 5.81. The van der Waals surface area contributed by atoms with Gasteiger partial charge in [0.15, 0.2) is 6.61 Å². The third-order valence-electron chi connectivity index (χ3n) is 3.27. The average molecular weight is 339 g/mol. The average Bonchev–Trinajstić information content (AvgIpc) is 2.51. The van der Waals surface area contributed by atoms with Crippen LogP contribution in [0.1, 0.15) is 32.8 Å². The molecule has 0 fully saturated rings. The van der Waals surface area contributed by atoms with Crippen LogP contribution in [0.5, 0.6) is 0 Å². The number of nitrogens with one attached hydrogen (secondary N) is 1. The quantitative estimate of drug-likeness (QED) is 0.525. The van der Waals surface area contributed by atoms with Gasteiger partial charge < -0.3 is 14.8 Å². The zero-order chi connectivity index (χ0) is 17.9. The van der Waals surface area contributed by atoms with Crippen molar-refractivity contribution in [2.45, 2.75) is 39.7 Å². The van der Waals surface area contributed by atoms with E-state index in [0.29, 0.717) is 31.6 Å². The molecule has 1 rings (SSSR count). The Bertz CT molecular complexity index is 534. The molecule has 24 heavy (non-hydrogen) atoms. The van der Waals surface area contributed by atoms with Gasteiger partial charge in [0.25, 0.3) is 5.91 Å². The van der Waals surface area contributed by atoms with Crippen molar-refractivity contribution in [1.29, 1.82) is 0 Å². The van der Waals surface area contributed by atoms with E-state index >= 15 is 0 Å². The van der Waals surface area contributed by atoms with Gasteiger partial charge in [-0.15, -0.1) is 0 Å². The second kappa shape index (κ2) is 10.8. The summed E-state index contributed by atoms with van der Waals surface area (Å²) in [5.74, 6) is -1.60. The maximum Gasteiger partial charge on any atom is 0.309 e. The first-order chi connectivity index (χ1) is 11.4. The van der Waals surface area contributed by atoms with Crippen LogP contribution in [0.3, 0.4) is 0 Å². The molecule has 1 amide bonds. The summed E-state index contributed by atoms with van der Waals surface area (Å²) >= 11 is 0. The molecule has 5 nitrogen and oxygen atoms in total. The number of carbonyl (C=O) groups excluding carboxylic acids is 2. The molecule has 1 N–H and O–H groups in total. The minimum atomic E-state index is -0.474. The normalized spacial score (nSPS) is 12.0. The SMILES string of the molecule is CC(C)OCCCNC(=O)COC(=O)C(C)Cc1cccc(F)c1. The van der Waals surface area contributed by atoms with Gasteiger partial charge in [-0.1, -0.05) is 19.1 Å². The summed E-state index contributed by atoms with van der Waals surface area (Å²) in [5, 5.41) is 2.66. The molecule has 0 heterocycles. The predicted octanol–water partition coefficient (Wildman–Crippen LogP) is 2.48. The molecule has 0 bridgehead atoms. The highest BCUT2D eigenvalue weighted by Gasteiger charge is 2.16. The zero-order valence-corrected chi connectivity index (χ0v) is 14.5. The molecule has 1 aromatic rings. The number of halogens is 1. The summed E-state index contributed by atoms with van der Waals surface area (Å²) < 4.78 is 23.5. The van der Waals surface area contributed by atoms with E-state index < -0.39 is 11.9 Å². The highest BCUT2D eigenvalue weighted by Crippen LogP contribution is 2.11. The Morgan fingerprint density at radius 1 is 1.25 bits per heavy atom. The molecule has 1 aromatic carbocycles. The summed E-state index contributed by atoms with van der Waals surface area (Å²) in [5.41, 5.74) is 0.717. The Hall–Kier alpha value is -1.95. The molecule has 0 radical (unpaired) electrons. The maximum absolute atomic E-state index is 13.1. The van der Waals surface area contributed by atoms with E-state index in [1.54, 1.807) is 19.1 Å². The number of amides is 1. The van der Waals surface area contributed by atoms with Crippen LogP contribution in [-0.4, -0.2) is 37.7 Å². The fraction of sp³-hybridized carbons (Fsp3) is 0.556. The summed E-state index contributed by atoms with van der Waals surface area (Å²) in [6.45, 7) is 6.32. The first-order valence-corrected chi connectivity index (χ1v) is 8.18. The van der Waals surface area contributed by atoms with Gasteiger partial charge in [-0.05, 0) is 44.4 Å². The summed E-state index contributed by atoms with van der Waals surface area (Å²) in [7, 11) is 0. The van der Waals surface area contributed by atoms with Crippen LogP contribution in [0.2, 0.25) is 0 Å². The molecule has 0 spiro atoms. The molecule has 134 valence electrons. The van der Waals surface area contributed by atoms with E-state index in [0.717, 1.165) is 0 Å². The van der Waals surface area contributed by atoms with Crippen molar-refractivity contribution >= 4 is 11.9 Å². The number of benzene rings is 1. The highest BCUT2D eigenvalue weighted by atomic mass is 19.1. The summed E-state index contributed by atoms with van der Waals surface area (Å²) in [6.07, 6.45) is 1.24. The fourth-order valence-electron chi connectivity index (χ4n) is 2.05. The van der Waals surface area contributed by atoms with Crippen molar-refractivity contribution in [3.05, 3.63) is 35.6 Å². The third kappa shape index (κ3) is 8.62. The minimum Gasteiger partial charge on any atom is -0.455 e. The van der Waals surface area contributed by atoms with Gasteiger partial charge in [0.05, 0.1) is 12.0 Å². The standard InChI is InChI=1S/C18H26FNO4/c1-13(2)23-9-5-8-20-17(21)12-24-18(22)14(3)10-15-6-4-7-16(19)11-15/h4,6-7,11,13-14H,5,8-10,12H2,1-3H3,(H,20,21). The van der Waals surface area contributed by atoms with E-state index in [-0.39, 0.29) is 24.4 Å². The van der Waals surface area contributed by atoms with Crippen molar-refractivity contribution in [2.24, 2.45) is 5.92 Å². The topological polar surface area (TPSA) is 64.6 Å². The van der Waals surface area contributed by atoms with Crippen LogP contribution in [0, 0.1) is 11.7 Å². The van der Waals surface area contributed by atoms with E-state index in [1.807, 2.05) is 13.8 Å². The van der Waals surface area contributed by atoms with Crippen LogP contribution < -0.4 is 5.32 Å². The van der Waals surface area contributed by atoms with Gasteiger partial charge in [-0.2, -0.15) is 0 Å². The Labute approximate surface area is 142 Å². The van der Waals surface area contributed by atoms with Crippen molar-refractivity contribution in [3.8, 4) is 0 Å². The predicted molar refractivity (Wildman–Crippen MR) is 88.9 cm³/mol. The minimum absolute atomic E-state index is 0.168. The second-order valence-corrected chi connectivity index (χ2v) is 5.97. The van der Waals surface area contributed by atoms with Crippen LogP contribution >= 0.6 is 0 Å². The molecule has 0 aromatic heterocycles. The molecule has 6 heteroatoms. The van der Waals surface area contributed by atoms with Crippen LogP contribution in [0.4, 0.5) is 4.39 Å². The molecule has 1 atom stereocenters. The maximum atomic E-state index is 13.1. The first-order valence-electron chi connectivity index (χ1n) is 8.18. The van der Waals surface area contributed by atoms with E-state index in [9.17, 15) is 14.0 Å². The number of hydrogen-bond donors (Lipinski definition) is 1. The van der Waals surface area contributed by atoms with Crippen molar-refractivity contribution in [3.63, 3.8) is 0 Å². The van der Waals surface area contributed by atoms with Crippen LogP contribution in [0.15, 0.2) is 24.3 Å². The molecular weight excluding hydrogens is 313 g/mol. The number of hydrogen-bond acceptors (Lipinski definition) is 4. The lowest BCUT2D eigenvalue weighted by molar-refractivity contribution is -0.152. The Kier molecular flexibility index (Phi) is 9.01. The van der Waals surface area contributed by atoms with Gasteiger partial charge in [-0.3, -0.25) is 9.59 Å². The lowest BCUT2D eigenvalue weighted by atomic mass is 10.0. The van der Waals surface area contributed by atoms with Crippen molar-refractivity contribution < 1.29 is 23.5 Å². The van der Waals surface area contributed by atoms with E-state index in [4.69, 9.17) is 9.47 Å². The first kappa shape index (κ1) is 20.1. The third-order valence-corrected chi connectivity index (χ3v) is 3.27. The van der Waals surface area contributed by atoms with Crippen LogP contribution in [-0.2, 0) is 25.5 Å². The molecule has 0 aliphatic heterocycles. The Morgan fingerprint density at radius 3 is 2.67 bits per heavy atom. The van der Waals surface area contributed by atoms with Gasteiger partial charge in [0, 0.05) is 13.2 Å². The number of esters is 1. The molecule has 0 saturated carbocycles. The van der Waals surface area contributed by atoms with E-state index in [2.05, 4.69) is 5.32 Å². The van der Waals surface area contributed by atoms with Crippen LogP contribution in [0.25, 0.3) is 0 Å². The summed E-state index contributed by atoms with van der Waals surface area (Å²) in [4.78, 5) is 23.5. The lowest BCUT2D eigenvalue weighted by Crippen LogP contribution is -2.31. The van der Waals surface area contributed by atoms with Gasteiger partial charge in [0.1, 0.15) is 5.82 Å². The van der Waals surface area contributed by atoms with Crippen molar-refractivity contribution in [1.82, 2.24) is 5.32 Å². The van der Waals surface area contributed by atoms with Crippen molar-refractivity contribution in [2.75, 3.05) is 19.8 Å². The lowest BCUT2D eigenvalue weighted by Gasteiger charge is -2.12. The zero-order valence-electron chi connectivity index (χ0n) is 14.5. The Balaban J connectivity index is 2.21. The van der Waals surface area contributed by atoms with Gasteiger partial charge >= 0.3 is 5.97 Å². The van der Waals surface area contributed by atoms with E-state index in [1.165, 1.54) is 12.1 Å². The fourth-order valence-corrected chi connectivity index (χ4v) is 2.05. The monoisotopic (exact) mass is 339 g/mol. The Morgan fingerprint density at radius 2 is 2.00 bits per heavy atom. The molecule has 1 unspecified atom stereocenters. The molecule has 0 aliphatic carbocycles. The molecular formula is C18H26FNO4. The largest absolute Gasteiger partial charge is 0.455 e. The second-order valence-electron chi connectivity index (χ2n) is 5.97. The number of rotatable bonds is 10. The number of carbonyl (C=O) groups is 2. The number of ether oxygens (including phenoxy) is 2. The molecule has 0 saturated heterocycles. The smallest absolute Gasteiger partial charge is 0.309 e. The van der Waals surface area contributed by atoms with Gasteiger partial charge in [0.2, 0.25) is 0 Å². The van der Waals surface area contributed by atoms with Gasteiger partial charge in [-0.25, -0.2) is 4.39 Å². The summed E-state index contributed by atoms with van der Waals surface area (Å²) in [6, 6.07) is 6.08. The molecule has 0 aliphatic rings.